The Bertz CT molecular complexity index is 2040. The third-order valence-electron chi connectivity index (χ3n) is 15.1. The molecule has 440 valence electrons. The molecule has 0 aromatic carbocycles. The summed E-state index contributed by atoms with van der Waals surface area (Å²) in [5.41, 5.74) is 3.75. The second kappa shape index (κ2) is 28.9. The zero-order valence-electron chi connectivity index (χ0n) is 46.2. The Morgan fingerprint density at radius 1 is 0.627 bits per heavy atom. The van der Waals surface area contributed by atoms with Crippen LogP contribution in [-0.4, -0.2) is 195 Å². The van der Waals surface area contributed by atoms with E-state index in [9.17, 15) is 47.5 Å². The average molecular weight is 1140 g/mol. The largest absolute Gasteiger partial charge is 0.469 e. The van der Waals surface area contributed by atoms with Crippen LogP contribution < -0.4 is 16.4 Å². The van der Waals surface area contributed by atoms with Gasteiger partial charge in [-0.2, -0.15) is 0 Å². The van der Waals surface area contributed by atoms with Crippen LogP contribution in [-0.2, 0) is 56.8 Å². The molecule has 4 aliphatic heterocycles. The monoisotopic (exact) mass is 1140 g/mol. The van der Waals surface area contributed by atoms with E-state index in [-0.39, 0.29) is 54.1 Å². The van der Waals surface area contributed by atoms with E-state index in [2.05, 4.69) is 29.7 Å². The summed E-state index contributed by atoms with van der Waals surface area (Å²) in [4.78, 5) is 0. The number of likely N-dealkylation sites (N-methyl/N-ethyl adjacent to an activating group) is 2. The average Bonchev–Trinajstić information content (AvgIpc) is 3.31. The molecule has 6 rings (SSSR count). The van der Waals surface area contributed by atoms with Gasteiger partial charge in [0.15, 0.2) is 22.4 Å². The minimum absolute atomic E-state index is 0.000351. The van der Waals surface area contributed by atoms with Crippen molar-refractivity contribution >= 4 is 29.6 Å². The molecule has 75 heavy (non-hydrogen) atoms. The first kappa shape index (κ1) is 66.2. The Kier molecular flexibility index (Phi) is 25.5. The highest BCUT2D eigenvalue weighted by atomic mass is 35.7. The van der Waals surface area contributed by atoms with Crippen molar-refractivity contribution < 1.29 is 85.4 Å². The summed E-state index contributed by atoms with van der Waals surface area (Å²) in [6, 6.07) is -1.84. The van der Waals surface area contributed by atoms with Crippen molar-refractivity contribution in [1.82, 2.24) is 10.6 Å². The fourth-order valence-corrected chi connectivity index (χ4v) is 13.7. The van der Waals surface area contributed by atoms with Gasteiger partial charge in [0.2, 0.25) is 21.6 Å². The number of aliphatic hydroxyl groups is 6. The van der Waals surface area contributed by atoms with Gasteiger partial charge in [0.1, 0.15) is 41.7 Å². The number of aliphatic hydroxyl groups excluding tert-OH is 4. The smallest absolute Gasteiger partial charge is 0.232 e. The number of nitrogens with two attached hydrogens (primary N) is 1. The van der Waals surface area contributed by atoms with E-state index in [1.165, 1.54) is 0 Å². The van der Waals surface area contributed by atoms with Crippen LogP contribution in [0.1, 0.15) is 121 Å². The lowest BCUT2D eigenvalue weighted by atomic mass is 9.77. The molecule has 22 atom stereocenters. The molecule has 0 bridgehead atoms. The van der Waals surface area contributed by atoms with Gasteiger partial charge in [-0.1, -0.05) is 55.4 Å². The molecule has 0 aromatic heterocycles. The van der Waals surface area contributed by atoms with Gasteiger partial charge in [-0.3, -0.25) is 0 Å². The Morgan fingerprint density at radius 3 is 1.41 bits per heavy atom. The highest BCUT2D eigenvalue weighted by Gasteiger charge is 2.53. The van der Waals surface area contributed by atoms with E-state index in [1.54, 1.807) is 34.9 Å². The molecule has 2 saturated heterocycles. The molecule has 2 aliphatic carbocycles. The summed E-state index contributed by atoms with van der Waals surface area (Å²) >= 11 is 0. The molecular weight excluding hydrogens is 1040 g/mol. The first-order valence-electron chi connectivity index (χ1n) is 26.9. The summed E-state index contributed by atoms with van der Waals surface area (Å²) in [5, 5.41) is 71.2. The van der Waals surface area contributed by atoms with Gasteiger partial charge in [0.25, 0.3) is 0 Å². The number of allylic oxidation sites excluding steroid dienone is 4. The Morgan fingerprint density at radius 2 is 1.03 bits per heavy atom. The quantitative estimate of drug-likeness (QED) is 0.0891. The molecule has 0 radical (unpaired) electrons. The first-order valence-corrected chi connectivity index (χ1v) is 31.2. The van der Waals surface area contributed by atoms with E-state index in [1.807, 2.05) is 41.5 Å². The van der Waals surface area contributed by atoms with Gasteiger partial charge < -0.3 is 84.9 Å². The number of halogens is 1. The molecule has 6 aliphatic rings. The van der Waals surface area contributed by atoms with Crippen LogP contribution in [0, 0.1) is 29.6 Å². The molecule has 4 fully saturated rings. The zero-order chi connectivity index (χ0) is 56.4. The van der Waals surface area contributed by atoms with Crippen molar-refractivity contribution in [1.29, 1.82) is 0 Å². The van der Waals surface area contributed by atoms with Crippen LogP contribution in [0.25, 0.3) is 0 Å². The summed E-state index contributed by atoms with van der Waals surface area (Å²) in [6.45, 7) is 18.7. The number of rotatable bonds is 18. The maximum absolute atomic E-state index is 12.8. The lowest BCUT2D eigenvalue weighted by molar-refractivity contribution is -0.311. The summed E-state index contributed by atoms with van der Waals surface area (Å²) in [7, 11) is 1.50. The van der Waals surface area contributed by atoms with Crippen molar-refractivity contribution in [3.63, 3.8) is 0 Å². The zero-order valence-corrected chi connectivity index (χ0v) is 48.6. The minimum Gasteiger partial charge on any atom is -0.469 e. The first-order chi connectivity index (χ1) is 35.0. The third kappa shape index (κ3) is 18.1. The van der Waals surface area contributed by atoms with E-state index in [0.717, 1.165) is 37.2 Å². The van der Waals surface area contributed by atoms with Crippen molar-refractivity contribution in [3.8, 4) is 0 Å². The number of ether oxygens (including phenoxy) is 8. The van der Waals surface area contributed by atoms with Gasteiger partial charge in [-0.25, -0.2) is 16.8 Å². The second-order valence-electron chi connectivity index (χ2n) is 22.1. The van der Waals surface area contributed by atoms with Gasteiger partial charge >= 0.3 is 0 Å². The topological polar surface area (TPSA) is 314 Å². The Balaban J connectivity index is 0.000000291. The van der Waals surface area contributed by atoms with E-state index < -0.39 is 128 Å². The van der Waals surface area contributed by atoms with Crippen LogP contribution in [0.15, 0.2) is 23.7 Å². The highest BCUT2D eigenvalue weighted by Crippen LogP contribution is 2.40. The van der Waals surface area contributed by atoms with Crippen molar-refractivity contribution in [3.05, 3.63) is 23.7 Å². The molecule has 0 amide bonds. The predicted molar refractivity (Wildman–Crippen MR) is 282 cm³/mol. The molecule has 4 heterocycles. The van der Waals surface area contributed by atoms with Gasteiger partial charge in [-0.15, -0.1) is 0 Å². The SMILES string of the molecule is CCC1=CC[C@@H](C)[C@@H](OC2[C@@H](C)C[C@@H](N)[C@H](O[C@H]3OC[C@](C)(O)[C@H](NC)[C@H]3O)[C@H]2O)O1.CCCS(=O)(=O)C[C@@H]1C[C@H](C)[C@@H](O[C@H]2OC(CC)=CC[C@H]2C)[C@H](O)[C@H]1O[C@H]1OC[C@](C)(O)[C@H](NC)[C@H]1O.CCCS(=O)(=O)Cl. The molecule has 1 unspecified atom stereocenters. The van der Waals surface area contributed by atoms with E-state index in [4.69, 9.17) is 54.3 Å². The molecule has 21 nitrogen and oxygen atoms in total. The molecule has 10 N–H and O–H groups in total. The van der Waals surface area contributed by atoms with Gasteiger partial charge in [0.05, 0.1) is 66.6 Å². The van der Waals surface area contributed by atoms with Crippen molar-refractivity contribution in [2.24, 2.45) is 35.3 Å². The van der Waals surface area contributed by atoms with Crippen LogP contribution >= 0.6 is 10.7 Å². The molecule has 0 aromatic rings. The Hall–Kier alpha value is -1.33. The van der Waals surface area contributed by atoms with Crippen LogP contribution in [0.4, 0.5) is 0 Å². The van der Waals surface area contributed by atoms with Gasteiger partial charge in [-0.05, 0) is 90.5 Å². The fourth-order valence-electron chi connectivity index (χ4n) is 11.0. The van der Waals surface area contributed by atoms with E-state index >= 15 is 0 Å². The number of nitrogens with one attached hydrogen (secondary N) is 2. The maximum Gasteiger partial charge on any atom is 0.232 e. The summed E-state index contributed by atoms with van der Waals surface area (Å²) in [5.74, 6) is 1.28. The Labute approximate surface area is 451 Å². The van der Waals surface area contributed by atoms with Crippen molar-refractivity contribution in [2.45, 2.75) is 224 Å². The molecular formula is C51H94ClN3O18S2. The maximum atomic E-state index is 12.8. The van der Waals surface area contributed by atoms with Crippen LogP contribution in [0.5, 0.6) is 0 Å². The lowest BCUT2D eigenvalue weighted by Crippen LogP contribution is -2.67. The normalized spacial score (nSPS) is 42.6. The van der Waals surface area contributed by atoms with Gasteiger partial charge in [0, 0.05) is 53.1 Å². The predicted octanol–water partition coefficient (Wildman–Crippen LogP) is 2.51. The fraction of sp³-hybridized carbons (Fsp3) is 0.922. The van der Waals surface area contributed by atoms with Crippen molar-refractivity contribution in [2.75, 3.05) is 44.6 Å². The van der Waals surface area contributed by atoms with Crippen LogP contribution in [0.3, 0.4) is 0 Å². The number of hydrogen-bond acceptors (Lipinski definition) is 21. The number of sulfone groups is 1. The molecule has 2 saturated carbocycles. The minimum atomic E-state index is -3.38. The van der Waals surface area contributed by atoms with E-state index in [0.29, 0.717) is 25.7 Å². The standard InChI is InChI=1S/C26H47NO9S.C22H40N2O7.C3H7ClO2S/c1-7-11-37(31,32)13-17-12-16(4)21(35-24-15(3)9-10-18(8-2)34-24)19(28)22(17)36-25-20(29)23(27-6)26(5,30)14-33-25;1-6-13-8-7-11(2)20(29-13)30-17-12(3)9-14(23)18(15(17)25)31-21-16(26)19(24-5)22(4,27)10-28-21;1-2-3-7(4,5)6/h10,15-17,19-25,27-30H,7-9,11-14H2,1-6H3;8,11-12,14-21,24-27H,6-7,9-10,23H2,1-5H3;2-3H2,1H3/t15-,16+,17+,19+,20-,21-,22+,23-,24-,25-,26+;11-,12+,14-,15+,16-,17?,18+,19-,20-,21-,22+;/m11./s1. The molecule has 0 spiro atoms. The molecule has 24 heteroatoms. The lowest BCUT2D eigenvalue weighted by Gasteiger charge is -2.49. The summed E-state index contributed by atoms with van der Waals surface area (Å²) in [6.07, 6.45) is -1.25. The third-order valence-corrected chi connectivity index (χ3v) is 18.5. The summed E-state index contributed by atoms with van der Waals surface area (Å²) < 4.78 is 93.7. The van der Waals surface area contributed by atoms with Crippen LogP contribution in [0.2, 0.25) is 0 Å². The second-order valence-corrected chi connectivity index (χ2v) is 27.2. The highest BCUT2D eigenvalue weighted by molar-refractivity contribution is 8.13. The number of hydrogen-bond donors (Lipinski definition) is 9.